The molecule has 0 bridgehead atoms. The van der Waals surface area contributed by atoms with Gasteiger partial charge in [-0.3, -0.25) is 0 Å². The van der Waals surface area contributed by atoms with Crippen molar-refractivity contribution in [2.75, 3.05) is 6.61 Å². The number of hydrogen-bond acceptors (Lipinski definition) is 3. The van der Waals surface area contributed by atoms with E-state index in [0.29, 0.717) is 0 Å². The minimum atomic E-state index is 0.0185. The van der Waals surface area contributed by atoms with Gasteiger partial charge in [0, 0.05) is 16.4 Å². The summed E-state index contributed by atoms with van der Waals surface area (Å²) in [6, 6.07) is 4.48. The summed E-state index contributed by atoms with van der Waals surface area (Å²) in [7, 11) is 0. The van der Waals surface area contributed by atoms with Gasteiger partial charge in [-0.25, -0.2) is 0 Å². The molecule has 0 aromatic carbocycles. The highest BCUT2D eigenvalue weighted by molar-refractivity contribution is 7.12. The van der Waals surface area contributed by atoms with Gasteiger partial charge in [0.2, 0.25) is 0 Å². The molecular formula is C11H13NOS. The van der Waals surface area contributed by atoms with E-state index in [1.165, 1.54) is 15.3 Å². The van der Waals surface area contributed by atoms with Gasteiger partial charge in [-0.2, -0.15) is 5.26 Å². The van der Waals surface area contributed by atoms with Gasteiger partial charge in [-0.05, 0) is 31.9 Å². The first-order valence-electron chi connectivity index (χ1n) is 4.80. The largest absolute Gasteiger partial charge is 0.372 e. The molecule has 1 aromatic rings. The van der Waals surface area contributed by atoms with Crippen molar-refractivity contribution in [3.05, 3.63) is 21.4 Å². The van der Waals surface area contributed by atoms with E-state index >= 15 is 0 Å². The number of thiophene rings is 1. The minimum absolute atomic E-state index is 0.0185. The molecule has 1 aliphatic heterocycles. The molecule has 0 amide bonds. The maximum Gasteiger partial charge on any atom is 0.0994 e. The van der Waals surface area contributed by atoms with Gasteiger partial charge in [0.1, 0.15) is 0 Å². The van der Waals surface area contributed by atoms with Gasteiger partial charge >= 0.3 is 0 Å². The Labute approximate surface area is 88.1 Å². The average Bonchev–Trinajstić information content (AvgIpc) is 2.71. The van der Waals surface area contributed by atoms with Crippen LogP contribution in [0.4, 0.5) is 0 Å². The molecule has 1 aromatic heterocycles. The van der Waals surface area contributed by atoms with E-state index in [9.17, 15) is 0 Å². The Morgan fingerprint density at radius 3 is 2.93 bits per heavy atom. The van der Waals surface area contributed by atoms with Crippen LogP contribution in [0.25, 0.3) is 0 Å². The third-order valence-electron chi connectivity index (χ3n) is 2.64. The van der Waals surface area contributed by atoms with Crippen LogP contribution in [0, 0.1) is 31.1 Å². The first-order chi connectivity index (χ1) is 6.72. The quantitative estimate of drug-likeness (QED) is 0.709. The van der Waals surface area contributed by atoms with Crippen molar-refractivity contribution >= 4 is 11.3 Å². The summed E-state index contributed by atoms with van der Waals surface area (Å²) in [5, 5.41) is 8.97. The van der Waals surface area contributed by atoms with Crippen molar-refractivity contribution < 1.29 is 4.74 Å². The molecule has 0 N–H and O–H groups in total. The van der Waals surface area contributed by atoms with Gasteiger partial charge in [-0.1, -0.05) is 0 Å². The monoisotopic (exact) mass is 207 g/mol. The van der Waals surface area contributed by atoms with E-state index in [2.05, 4.69) is 26.0 Å². The van der Waals surface area contributed by atoms with Crippen LogP contribution in [-0.2, 0) is 4.74 Å². The molecule has 0 radical (unpaired) electrons. The molecule has 2 heterocycles. The maximum absolute atomic E-state index is 8.97. The van der Waals surface area contributed by atoms with Crippen molar-refractivity contribution in [3.63, 3.8) is 0 Å². The Hall–Kier alpha value is -0.850. The number of rotatable bonds is 1. The Bertz CT molecular complexity index is 377. The molecule has 0 saturated carbocycles. The SMILES string of the molecule is Cc1cc(C2OCCC2C#N)c(C)s1. The fraction of sp³-hybridized carbons (Fsp3) is 0.545. The first-order valence-corrected chi connectivity index (χ1v) is 5.62. The normalized spacial score (nSPS) is 26.4. The molecule has 0 aliphatic carbocycles. The van der Waals surface area contributed by atoms with Gasteiger partial charge in [0.15, 0.2) is 0 Å². The van der Waals surface area contributed by atoms with Crippen molar-refractivity contribution in [1.29, 1.82) is 5.26 Å². The van der Waals surface area contributed by atoms with E-state index in [4.69, 9.17) is 10.00 Å². The highest BCUT2D eigenvalue weighted by atomic mass is 32.1. The molecule has 2 unspecified atom stereocenters. The second kappa shape index (κ2) is 3.72. The van der Waals surface area contributed by atoms with Crippen molar-refractivity contribution in [1.82, 2.24) is 0 Å². The van der Waals surface area contributed by atoms with Gasteiger partial charge in [0.05, 0.1) is 18.1 Å². The van der Waals surface area contributed by atoms with Crippen LogP contribution in [0.3, 0.4) is 0 Å². The second-order valence-corrected chi connectivity index (χ2v) is 5.14. The Balaban J connectivity index is 2.31. The second-order valence-electron chi connectivity index (χ2n) is 3.68. The lowest BCUT2D eigenvalue weighted by atomic mass is 9.97. The molecule has 3 heteroatoms. The molecular weight excluding hydrogens is 194 g/mol. The summed E-state index contributed by atoms with van der Waals surface area (Å²) in [5.74, 6) is 0.0442. The summed E-state index contributed by atoms with van der Waals surface area (Å²) >= 11 is 1.78. The molecule has 0 spiro atoms. The topological polar surface area (TPSA) is 33.0 Å². The van der Waals surface area contributed by atoms with Crippen LogP contribution in [0.15, 0.2) is 6.07 Å². The maximum atomic E-state index is 8.97. The van der Waals surface area contributed by atoms with Gasteiger partial charge in [-0.15, -0.1) is 11.3 Å². The summed E-state index contributed by atoms with van der Waals surface area (Å²) in [5.41, 5.74) is 1.22. The summed E-state index contributed by atoms with van der Waals surface area (Å²) < 4.78 is 5.62. The average molecular weight is 207 g/mol. The van der Waals surface area contributed by atoms with Crippen LogP contribution >= 0.6 is 11.3 Å². The summed E-state index contributed by atoms with van der Waals surface area (Å²) in [4.78, 5) is 2.58. The highest BCUT2D eigenvalue weighted by Crippen LogP contribution is 2.38. The lowest BCUT2D eigenvalue weighted by Gasteiger charge is -2.12. The molecule has 2 nitrogen and oxygen atoms in total. The highest BCUT2D eigenvalue weighted by Gasteiger charge is 2.31. The van der Waals surface area contributed by atoms with E-state index in [1.54, 1.807) is 11.3 Å². The first kappa shape index (κ1) is 9.70. The number of ether oxygens (including phenoxy) is 1. The van der Waals surface area contributed by atoms with Crippen molar-refractivity contribution in [2.45, 2.75) is 26.4 Å². The number of nitrogens with zero attached hydrogens (tertiary/aromatic N) is 1. The van der Waals surface area contributed by atoms with E-state index in [0.717, 1.165) is 13.0 Å². The summed E-state index contributed by atoms with van der Waals surface area (Å²) in [6.45, 7) is 4.91. The smallest absolute Gasteiger partial charge is 0.0994 e. The third-order valence-corrected chi connectivity index (χ3v) is 3.63. The van der Waals surface area contributed by atoms with Gasteiger partial charge < -0.3 is 4.74 Å². The predicted molar refractivity (Wildman–Crippen MR) is 56.2 cm³/mol. The minimum Gasteiger partial charge on any atom is -0.372 e. The van der Waals surface area contributed by atoms with Crippen LogP contribution in [0.5, 0.6) is 0 Å². The van der Waals surface area contributed by atoms with Gasteiger partial charge in [0.25, 0.3) is 0 Å². The predicted octanol–water partition coefficient (Wildman–Crippen LogP) is 2.97. The summed E-state index contributed by atoms with van der Waals surface area (Å²) in [6.07, 6.45) is 0.889. The van der Waals surface area contributed by atoms with E-state index in [1.807, 2.05) is 0 Å². The van der Waals surface area contributed by atoms with Crippen LogP contribution in [-0.4, -0.2) is 6.61 Å². The Kier molecular flexibility index (Phi) is 2.58. The zero-order valence-electron chi connectivity index (χ0n) is 8.41. The molecule has 14 heavy (non-hydrogen) atoms. The lowest BCUT2D eigenvalue weighted by molar-refractivity contribution is 0.101. The van der Waals surface area contributed by atoms with E-state index < -0.39 is 0 Å². The molecule has 1 aliphatic rings. The van der Waals surface area contributed by atoms with Crippen LogP contribution < -0.4 is 0 Å². The fourth-order valence-corrected chi connectivity index (χ4v) is 2.92. The molecule has 74 valence electrons. The van der Waals surface area contributed by atoms with Crippen molar-refractivity contribution in [3.8, 4) is 6.07 Å². The lowest BCUT2D eigenvalue weighted by Crippen LogP contribution is -2.05. The van der Waals surface area contributed by atoms with Crippen LogP contribution in [0.1, 0.15) is 27.8 Å². The molecule has 2 rings (SSSR count). The number of aryl methyl sites for hydroxylation is 2. The molecule has 1 saturated heterocycles. The number of nitriles is 1. The standard InChI is InChI=1S/C11H13NOS/c1-7-5-10(8(2)14-7)11-9(6-12)3-4-13-11/h5,9,11H,3-4H2,1-2H3. The Morgan fingerprint density at radius 1 is 1.57 bits per heavy atom. The van der Waals surface area contributed by atoms with E-state index in [-0.39, 0.29) is 12.0 Å². The van der Waals surface area contributed by atoms with Crippen LogP contribution in [0.2, 0.25) is 0 Å². The zero-order valence-corrected chi connectivity index (χ0v) is 9.23. The van der Waals surface area contributed by atoms with Crippen molar-refractivity contribution in [2.24, 2.45) is 5.92 Å². The Morgan fingerprint density at radius 2 is 2.36 bits per heavy atom. The molecule has 1 fully saturated rings. The number of hydrogen-bond donors (Lipinski definition) is 0. The third kappa shape index (κ3) is 1.56. The fourth-order valence-electron chi connectivity index (χ4n) is 1.96. The zero-order chi connectivity index (χ0) is 10.1. The molecule has 2 atom stereocenters.